The monoisotopic (exact) mass is 318 g/mol. The van der Waals surface area contributed by atoms with Crippen LogP contribution in [0.2, 0.25) is 0 Å². The minimum Gasteiger partial charge on any atom is -0.468 e. The van der Waals surface area contributed by atoms with Gasteiger partial charge in [0.2, 0.25) is 0 Å². The molecule has 1 aliphatic heterocycles. The Hall–Kier alpha value is -2.18. The molecule has 0 spiro atoms. The van der Waals surface area contributed by atoms with E-state index in [1.807, 2.05) is 12.1 Å². The summed E-state index contributed by atoms with van der Waals surface area (Å²) in [5.74, 6) is 0.226. The predicted octanol–water partition coefficient (Wildman–Crippen LogP) is 2.22. The fourth-order valence-corrected chi connectivity index (χ4v) is 2.67. The van der Waals surface area contributed by atoms with Gasteiger partial charge >= 0.3 is 0 Å². The van der Waals surface area contributed by atoms with Gasteiger partial charge in [-0.25, -0.2) is 4.39 Å². The summed E-state index contributed by atoms with van der Waals surface area (Å²) in [5, 5.41) is 2.90. The Morgan fingerprint density at radius 1 is 1.22 bits per heavy atom. The van der Waals surface area contributed by atoms with E-state index in [9.17, 15) is 9.18 Å². The largest absolute Gasteiger partial charge is 0.468 e. The van der Waals surface area contributed by atoms with Gasteiger partial charge in [0.1, 0.15) is 11.6 Å². The first-order chi connectivity index (χ1) is 11.2. The van der Waals surface area contributed by atoms with Crippen molar-refractivity contribution < 1.29 is 18.3 Å². The zero-order valence-electron chi connectivity index (χ0n) is 12.7. The number of carbonyl (C=O) groups is 1. The second-order valence-corrected chi connectivity index (χ2v) is 5.40. The number of hydrogen-bond acceptors (Lipinski definition) is 4. The highest BCUT2D eigenvalue weighted by molar-refractivity contribution is 5.94. The summed E-state index contributed by atoms with van der Waals surface area (Å²) in [6.45, 7) is 3.34. The van der Waals surface area contributed by atoms with Crippen LogP contribution in [-0.4, -0.2) is 43.7 Å². The van der Waals surface area contributed by atoms with Crippen LogP contribution < -0.4 is 5.32 Å². The van der Waals surface area contributed by atoms with Crippen molar-refractivity contribution in [2.45, 2.75) is 6.04 Å². The lowest BCUT2D eigenvalue weighted by Gasteiger charge is -2.33. The molecule has 1 saturated heterocycles. The Morgan fingerprint density at radius 2 is 1.96 bits per heavy atom. The maximum atomic E-state index is 12.9. The fourth-order valence-electron chi connectivity index (χ4n) is 2.67. The van der Waals surface area contributed by atoms with E-state index in [2.05, 4.69) is 10.2 Å². The number of halogens is 1. The minimum atomic E-state index is -0.358. The molecule has 1 unspecified atom stereocenters. The number of morpholine rings is 1. The summed E-state index contributed by atoms with van der Waals surface area (Å²) in [4.78, 5) is 14.4. The standard InChI is InChI=1S/C17H19FN2O3/c18-14-5-3-13(4-6-14)17(21)19-12-15(16-2-1-9-23-16)20-7-10-22-11-8-20/h1-6,9,15H,7-8,10-12H2,(H,19,21). The van der Waals surface area contributed by atoms with E-state index in [0.717, 1.165) is 18.8 Å². The Morgan fingerprint density at radius 3 is 2.61 bits per heavy atom. The van der Waals surface area contributed by atoms with Gasteiger partial charge in [-0.3, -0.25) is 9.69 Å². The van der Waals surface area contributed by atoms with Crippen LogP contribution in [0.5, 0.6) is 0 Å². The molecule has 1 amide bonds. The quantitative estimate of drug-likeness (QED) is 0.918. The molecule has 1 aromatic heterocycles. The Balaban J connectivity index is 1.66. The van der Waals surface area contributed by atoms with Crippen LogP contribution in [0.1, 0.15) is 22.2 Å². The van der Waals surface area contributed by atoms with Gasteiger partial charge < -0.3 is 14.5 Å². The second-order valence-electron chi connectivity index (χ2n) is 5.40. The van der Waals surface area contributed by atoms with Crippen LogP contribution in [-0.2, 0) is 4.74 Å². The normalized spacial score (nSPS) is 16.9. The van der Waals surface area contributed by atoms with Crippen molar-refractivity contribution in [3.63, 3.8) is 0 Å². The highest BCUT2D eigenvalue weighted by Gasteiger charge is 2.25. The number of carbonyl (C=O) groups excluding carboxylic acids is 1. The first-order valence-corrected chi connectivity index (χ1v) is 7.63. The van der Waals surface area contributed by atoms with E-state index >= 15 is 0 Å². The molecule has 1 N–H and O–H groups in total. The first-order valence-electron chi connectivity index (χ1n) is 7.63. The van der Waals surface area contributed by atoms with E-state index in [0.29, 0.717) is 25.3 Å². The van der Waals surface area contributed by atoms with Crippen LogP contribution in [0.3, 0.4) is 0 Å². The predicted molar refractivity (Wildman–Crippen MR) is 82.6 cm³/mol. The van der Waals surface area contributed by atoms with E-state index in [1.54, 1.807) is 6.26 Å². The zero-order chi connectivity index (χ0) is 16.1. The lowest BCUT2D eigenvalue weighted by Crippen LogP contribution is -2.43. The number of amides is 1. The summed E-state index contributed by atoms with van der Waals surface area (Å²) in [6, 6.07) is 9.21. The molecule has 6 heteroatoms. The van der Waals surface area contributed by atoms with Crippen LogP contribution in [0.15, 0.2) is 47.1 Å². The van der Waals surface area contributed by atoms with Crippen LogP contribution in [0.25, 0.3) is 0 Å². The molecule has 0 radical (unpaired) electrons. The average Bonchev–Trinajstić information content (AvgIpc) is 3.11. The SMILES string of the molecule is O=C(NCC(c1ccco1)N1CCOCC1)c1ccc(F)cc1. The van der Waals surface area contributed by atoms with Gasteiger partial charge in [0.15, 0.2) is 0 Å². The molecule has 0 aliphatic carbocycles. The Labute approximate surface area is 134 Å². The van der Waals surface area contributed by atoms with Gasteiger partial charge in [-0.2, -0.15) is 0 Å². The zero-order valence-corrected chi connectivity index (χ0v) is 12.7. The summed E-state index contributed by atoms with van der Waals surface area (Å²) in [5.41, 5.74) is 0.437. The molecule has 3 rings (SSSR count). The molecular formula is C17H19FN2O3. The van der Waals surface area contributed by atoms with Gasteiger partial charge in [0, 0.05) is 25.2 Å². The van der Waals surface area contributed by atoms with Gasteiger partial charge in [0.05, 0.1) is 25.5 Å². The summed E-state index contributed by atoms with van der Waals surface area (Å²) < 4.78 is 23.8. The maximum absolute atomic E-state index is 12.9. The fraction of sp³-hybridized carbons (Fsp3) is 0.353. The molecule has 0 saturated carbocycles. The molecule has 1 fully saturated rings. The molecule has 2 aromatic rings. The molecule has 1 atom stereocenters. The minimum absolute atomic E-state index is 0.0432. The van der Waals surface area contributed by atoms with Gasteiger partial charge in [-0.05, 0) is 36.4 Å². The Bertz CT molecular complexity index is 622. The number of furan rings is 1. The van der Waals surface area contributed by atoms with Crippen LogP contribution in [0.4, 0.5) is 4.39 Å². The van der Waals surface area contributed by atoms with Crippen molar-refractivity contribution >= 4 is 5.91 Å². The van der Waals surface area contributed by atoms with Crippen molar-refractivity contribution in [2.24, 2.45) is 0 Å². The Kier molecular flexibility index (Phi) is 5.05. The van der Waals surface area contributed by atoms with E-state index in [4.69, 9.17) is 9.15 Å². The van der Waals surface area contributed by atoms with Crippen LogP contribution >= 0.6 is 0 Å². The molecule has 0 bridgehead atoms. The summed E-state index contributed by atoms with van der Waals surface area (Å²) >= 11 is 0. The third-order valence-corrected chi connectivity index (χ3v) is 3.92. The van der Waals surface area contributed by atoms with Crippen LogP contribution in [0, 0.1) is 5.82 Å². The average molecular weight is 318 g/mol. The molecule has 5 nitrogen and oxygen atoms in total. The van der Waals surface area contributed by atoms with Gasteiger partial charge in [-0.1, -0.05) is 0 Å². The molecule has 1 aromatic carbocycles. The highest BCUT2D eigenvalue weighted by Crippen LogP contribution is 2.21. The lowest BCUT2D eigenvalue weighted by atomic mass is 10.1. The number of nitrogens with zero attached hydrogens (tertiary/aromatic N) is 1. The number of rotatable bonds is 5. The molecule has 1 aliphatic rings. The number of nitrogens with one attached hydrogen (secondary N) is 1. The summed E-state index contributed by atoms with van der Waals surface area (Å²) in [6.07, 6.45) is 1.63. The topological polar surface area (TPSA) is 54.7 Å². The van der Waals surface area contributed by atoms with Crippen molar-refractivity contribution in [1.82, 2.24) is 10.2 Å². The highest BCUT2D eigenvalue weighted by atomic mass is 19.1. The second kappa shape index (κ2) is 7.39. The summed E-state index contributed by atoms with van der Waals surface area (Å²) in [7, 11) is 0. The maximum Gasteiger partial charge on any atom is 0.251 e. The van der Waals surface area contributed by atoms with Crippen molar-refractivity contribution in [3.05, 3.63) is 59.8 Å². The van der Waals surface area contributed by atoms with E-state index < -0.39 is 0 Å². The number of hydrogen-bond donors (Lipinski definition) is 1. The van der Waals surface area contributed by atoms with Gasteiger partial charge in [0.25, 0.3) is 5.91 Å². The molecule has 2 heterocycles. The number of benzene rings is 1. The van der Waals surface area contributed by atoms with Crippen molar-refractivity contribution in [3.8, 4) is 0 Å². The molecular weight excluding hydrogens is 299 g/mol. The number of ether oxygens (including phenoxy) is 1. The molecule has 23 heavy (non-hydrogen) atoms. The van der Waals surface area contributed by atoms with Gasteiger partial charge in [-0.15, -0.1) is 0 Å². The lowest BCUT2D eigenvalue weighted by molar-refractivity contribution is 0.0118. The van der Waals surface area contributed by atoms with Crippen molar-refractivity contribution in [1.29, 1.82) is 0 Å². The van der Waals surface area contributed by atoms with E-state index in [-0.39, 0.29) is 17.8 Å². The third kappa shape index (κ3) is 3.97. The first kappa shape index (κ1) is 15.7. The van der Waals surface area contributed by atoms with E-state index in [1.165, 1.54) is 24.3 Å². The molecule has 122 valence electrons. The third-order valence-electron chi connectivity index (χ3n) is 3.92. The smallest absolute Gasteiger partial charge is 0.251 e. The van der Waals surface area contributed by atoms with Crippen molar-refractivity contribution in [2.75, 3.05) is 32.8 Å².